The van der Waals surface area contributed by atoms with E-state index in [1.165, 1.54) is 42.3 Å². The molecule has 152 valence electrons. The first-order valence-electron chi connectivity index (χ1n) is 8.90. The Morgan fingerprint density at radius 3 is 2.48 bits per heavy atom. The summed E-state index contributed by atoms with van der Waals surface area (Å²) in [5.74, 6) is -1.64. The lowest BCUT2D eigenvalue weighted by Crippen LogP contribution is -2.30. The molecule has 1 amide bonds. The van der Waals surface area contributed by atoms with Crippen LogP contribution in [-0.4, -0.2) is 40.5 Å². The van der Waals surface area contributed by atoms with Crippen LogP contribution in [0.4, 0.5) is 0 Å². The van der Waals surface area contributed by atoms with Gasteiger partial charge in [-0.05, 0) is 42.3 Å². The number of aromatic hydroxyl groups is 1. The summed E-state index contributed by atoms with van der Waals surface area (Å²) < 4.78 is 5.17. The van der Waals surface area contributed by atoms with Crippen molar-refractivity contribution in [2.24, 2.45) is 0 Å². The molecule has 0 bridgehead atoms. The van der Waals surface area contributed by atoms with E-state index in [1.807, 2.05) is 6.92 Å². The van der Waals surface area contributed by atoms with Gasteiger partial charge in [0.1, 0.15) is 17.3 Å². The van der Waals surface area contributed by atoms with Gasteiger partial charge >= 0.3 is 0 Å². The molecule has 0 saturated carbocycles. The van der Waals surface area contributed by atoms with Crippen LogP contribution < -0.4 is 4.74 Å². The van der Waals surface area contributed by atoms with Crippen LogP contribution in [0.15, 0.2) is 42.0 Å². The summed E-state index contributed by atoms with van der Waals surface area (Å²) >= 11 is 12.1. The Morgan fingerprint density at radius 1 is 1.14 bits per heavy atom. The minimum atomic E-state index is -0.838. The number of carbonyl (C=O) groups excluding carboxylic acids is 2. The molecule has 2 aromatic carbocycles. The zero-order chi connectivity index (χ0) is 21.3. The van der Waals surface area contributed by atoms with Gasteiger partial charge in [-0.1, -0.05) is 36.2 Å². The molecule has 0 aliphatic carbocycles. The van der Waals surface area contributed by atoms with E-state index in [2.05, 4.69) is 0 Å². The van der Waals surface area contributed by atoms with Gasteiger partial charge in [0.2, 0.25) is 0 Å². The molecule has 2 N–H and O–H groups in total. The van der Waals surface area contributed by atoms with Crippen LogP contribution in [0.25, 0.3) is 5.76 Å². The molecule has 3 rings (SSSR count). The van der Waals surface area contributed by atoms with Gasteiger partial charge in [-0.25, -0.2) is 0 Å². The summed E-state index contributed by atoms with van der Waals surface area (Å²) in [5, 5.41) is 21.1. The number of likely N-dealkylation sites (tertiary alicyclic amines) is 1. The highest BCUT2D eigenvalue weighted by atomic mass is 35.5. The number of Topliss-reactive ketones (excluding diaryl/α,β-unsaturated/α-hetero) is 1. The molecule has 0 spiro atoms. The number of phenols is 1. The Hall–Kier alpha value is -2.70. The van der Waals surface area contributed by atoms with Gasteiger partial charge in [0.05, 0.1) is 28.8 Å². The van der Waals surface area contributed by atoms with E-state index in [-0.39, 0.29) is 27.7 Å². The number of phenolic OH excluding ortho intramolecular Hbond substituents is 1. The first-order valence-corrected chi connectivity index (χ1v) is 9.66. The molecule has 1 atom stereocenters. The SMILES string of the molecule is CCCN1C(=O)C(=O)/C(=C(\O)c2ccc(Cl)c(OC)c2)C1c1ccc(O)c(Cl)c1. The monoisotopic (exact) mass is 435 g/mol. The van der Waals surface area contributed by atoms with Crippen molar-refractivity contribution < 1.29 is 24.5 Å². The van der Waals surface area contributed by atoms with E-state index in [0.29, 0.717) is 29.3 Å². The van der Waals surface area contributed by atoms with Crippen molar-refractivity contribution in [2.45, 2.75) is 19.4 Å². The molecule has 1 saturated heterocycles. The summed E-state index contributed by atoms with van der Waals surface area (Å²) in [4.78, 5) is 26.9. The maximum absolute atomic E-state index is 12.8. The number of carbonyl (C=O) groups is 2. The van der Waals surface area contributed by atoms with Crippen molar-refractivity contribution in [3.63, 3.8) is 0 Å². The van der Waals surface area contributed by atoms with Crippen molar-refractivity contribution in [2.75, 3.05) is 13.7 Å². The van der Waals surface area contributed by atoms with Crippen molar-refractivity contribution in [1.29, 1.82) is 0 Å². The highest BCUT2D eigenvalue weighted by molar-refractivity contribution is 6.46. The lowest BCUT2D eigenvalue weighted by molar-refractivity contribution is -0.139. The fourth-order valence-corrected chi connectivity index (χ4v) is 3.74. The second-order valence-corrected chi connectivity index (χ2v) is 7.37. The van der Waals surface area contributed by atoms with E-state index < -0.39 is 17.7 Å². The van der Waals surface area contributed by atoms with Gasteiger partial charge in [-0.15, -0.1) is 0 Å². The normalized spacial score (nSPS) is 18.3. The number of hydrogen-bond acceptors (Lipinski definition) is 5. The van der Waals surface area contributed by atoms with Gasteiger partial charge in [0.25, 0.3) is 11.7 Å². The number of aliphatic hydroxyl groups is 1. The number of ketones is 1. The Labute approximate surface area is 177 Å². The Morgan fingerprint density at radius 2 is 1.86 bits per heavy atom. The Kier molecular flexibility index (Phi) is 6.05. The number of halogens is 2. The van der Waals surface area contributed by atoms with Crippen molar-refractivity contribution in [3.05, 3.63) is 63.1 Å². The molecule has 1 heterocycles. The van der Waals surface area contributed by atoms with Crippen LogP contribution in [-0.2, 0) is 9.59 Å². The molecular formula is C21H19Cl2NO5. The number of aliphatic hydroxyl groups excluding tert-OH is 1. The summed E-state index contributed by atoms with van der Waals surface area (Å²) in [6.07, 6.45) is 0.615. The molecule has 0 radical (unpaired) electrons. The molecule has 8 heteroatoms. The second kappa shape index (κ2) is 8.35. The highest BCUT2D eigenvalue weighted by Crippen LogP contribution is 2.41. The number of methoxy groups -OCH3 is 1. The van der Waals surface area contributed by atoms with Gasteiger partial charge in [0.15, 0.2) is 0 Å². The Bertz CT molecular complexity index is 1020. The summed E-state index contributed by atoms with van der Waals surface area (Å²) in [6, 6.07) is 8.15. The van der Waals surface area contributed by atoms with Crippen molar-refractivity contribution in [1.82, 2.24) is 4.90 Å². The van der Waals surface area contributed by atoms with Gasteiger partial charge in [-0.2, -0.15) is 0 Å². The van der Waals surface area contributed by atoms with Crippen molar-refractivity contribution >= 4 is 40.7 Å². The molecule has 0 aromatic heterocycles. The third-order valence-electron chi connectivity index (χ3n) is 4.72. The van der Waals surface area contributed by atoms with Gasteiger partial charge < -0.3 is 19.8 Å². The van der Waals surface area contributed by atoms with E-state index in [4.69, 9.17) is 27.9 Å². The summed E-state index contributed by atoms with van der Waals surface area (Å²) in [6.45, 7) is 2.19. The smallest absolute Gasteiger partial charge is 0.295 e. The number of rotatable bonds is 5. The zero-order valence-electron chi connectivity index (χ0n) is 15.8. The number of nitrogens with zero attached hydrogens (tertiary/aromatic N) is 1. The molecule has 2 aromatic rings. The quantitative estimate of drug-likeness (QED) is 0.408. The fourth-order valence-electron chi connectivity index (χ4n) is 3.35. The average molecular weight is 436 g/mol. The predicted octanol–water partition coefficient (Wildman–Crippen LogP) is 4.54. The van der Waals surface area contributed by atoms with Crippen LogP contribution in [0.3, 0.4) is 0 Å². The first-order chi connectivity index (χ1) is 13.8. The molecule has 1 fully saturated rings. The number of ether oxygens (including phenoxy) is 1. The topological polar surface area (TPSA) is 87.1 Å². The molecule has 6 nitrogen and oxygen atoms in total. The average Bonchev–Trinajstić information content (AvgIpc) is 2.95. The lowest BCUT2D eigenvalue weighted by Gasteiger charge is -2.25. The van der Waals surface area contributed by atoms with Crippen LogP contribution in [0.2, 0.25) is 10.0 Å². The number of benzene rings is 2. The highest BCUT2D eigenvalue weighted by Gasteiger charge is 2.45. The maximum atomic E-state index is 12.8. The number of amides is 1. The molecule has 29 heavy (non-hydrogen) atoms. The lowest BCUT2D eigenvalue weighted by atomic mass is 9.95. The minimum Gasteiger partial charge on any atom is -0.507 e. The predicted molar refractivity (Wildman–Crippen MR) is 110 cm³/mol. The van der Waals surface area contributed by atoms with E-state index in [1.54, 1.807) is 6.07 Å². The number of hydrogen-bond donors (Lipinski definition) is 2. The largest absolute Gasteiger partial charge is 0.507 e. The van der Waals surface area contributed by atoms with Crippen LogP contribution in [0, 0.1) is 0 Å². The third kappa shape index (κ3) is 3.78. The van der Waals surface area contributed by atoms with E-state index >= 15 is 0 Å². The van der Waals surface area contributed by atoms with Gasteiger partial charge in [0, 0.05) is 12.1 Å². The summed E-state index contributed by atoms with van der Waals surface area (Å²) in [7, 11) is 1.43. The van der Waals surface area contributed by atoms with Gasteiger partial charge in [-0.3, -0.25) is 9.59 Å². The molecule has 1 unspecified atom stereocenters. The standard InChI is InChI=1S/C21H19Cl2NO5/c1-3-8-24-18(11-5-7-15(25)14(23)9-11)17(20(27)21(24)28)19(26)12-4-6-13(22)16(10-12)29-2/h4-7,9-10,18,25-26H,3,8H2,1-2H3/b19-17-. The second-order valence-electron chi connectivity index (χ2n) is 6.55. The van der Waals surface area contributed by atoms with E-state index in [9.17, 15) is 19.8 Å². The Balaban J connectivity index is 2.22. The van der Waals surface area contributed by atoms with Crippen LogP contribution >= 0.6 is 23.2 Å². The van der Waals surface area contributed by atoms with E-state index in [0.717, 1.165) is 0 Å². The fraction of sp³-hybridized carbons (Fsp3) is 0.238. The third-order valence-corrected chi connectivity index (χ3v) is 5.33. The van der Waals surface area contributed by atoms with Crippen molar-refractivity contribution in [3.8, 4) is 11.5 Å². The molecular weight excluding hydrogens is 417 g/mol. The molecule has 1 aliphatic rings. The van der Waals surface area contributed by atoms with Crippen LogP contribution in [0.5, 0.6) is 11.5 Å². The maximum Gasteiger partial charge on any atom is 0.295 e. The first kappa shape index (κ1) is 21.0. The van der Waals surface area contributed by atoms with Crippen LogP contribution in [0.1, 0.15) is 30.5 Å². The minimum absolute atomic E-state index is 0.0606. The zero-order valence-corrected chi connectivity index (χ0v) is 17.3. The molecule has 1 aliphatic heterocycles. The summed E-state index contributed by atoms with van der Waals surface area (Å²) in [5.41, 5.74) is 0.730.